The number of aliphatic hydroxyl groups is 1. The first-order valence-corrected chi connectivity index (χ1v) is 7.35. The third kappa shape index (κ3) is 4.44. The molecule has 0 aromatic heterocycles. The first-order valence-electron chi connectivity index (χ1n) is 5.80. The number of rotatable bonds is 4. The average molecular weight is 315 g/mol. The molecular weight excluding hydrogens is 301 g/mol. The maximum Gasteiger partial charge on any atom is 0.325 e. The maximum absolute atomic E-state index is 13.4. The van der Waals surface area contributed by atoms with E-state index in [1.54, 1.807) is 0 Å². The molecule has 1 aromatic rings. The minimum atomic E-state index is -4.02. The van der Waals surface area contributed by atoms with E-state index < -0.39 is 33.7 Å². The molecule has 0 saturated heterocycles. The lowest BCUT2D eigenvalue weighted by Gasteiger charge is -2.13. The Labute approximate surface area is 122 Å². The molecular formula is C13H14FNO5S. The van der Waals surface area contributed by atoms with E-state index in [-0.39, 0.29) is 11.3 Å². The molecule has 0 aliphatic heterocycles. The van der Waals surface area contributed by atoms with Crippen LogP contribution in [-0.2, 0) is 19.6 Å². The standard InChI is InChI=1S/C13H14FNO5S/c1-9(13(17)20-2)21(18,19)15-11-5-6-12(14)10(8-11)4-3-7-16/h5-6,8-9,15-16H,7H2,1-2H3. The SMILES string of the molecule is COC(=O)C(C)S(=O)(=O)Nc1ccc(F)c(C#CCO)c1. The Kier molecular flexibility index (Phi) is 5.69. The minimum Gasteiger partial charge on any atom is -0.468 e. The summed E-state index contributed by atoms with van der Waals surface area (Å²) in [5.41, 5.74) is -0.0237. The molecule has 8 heteroatoms. The summed E-state index contributed by atoms with van der Waals surface area (Å²) in [7, 11) is -2.94. The number of methoxy groups -OCH3 is 1. The van der Waals surface area contributed by atoms with E-state index in [9.17, 15) is 17.6 Å². The zero-order valence-electron chi connectivity index (χ0n) is 11.4. The molecule has 0 heterocycles. The summed E-state index contributed by atoms with van der Waals surface area (Å²) in [6.45, 7) is 0.721. The highest BCUT2D eigenvalue weighted by molar-refractivity contribution is 7.94. The van der Waals surface area contributed by atoms with Gasteiger partial charge in [-0.2, -0.15) is 0 Å². The fourth-order valence-corrected chi connectivity index (χ4v) is 2.35. The number of benzene rings is 1. The van der Waals surface area contributed by atoms with E-state index in [1.165, 1.54) is 19.1 Å². The number of aliphatic hydroxyl groups excluding tert-OH is 1. The molecule has 1 atom stereocenters. The third-order valence-electron chi connectivity index (χ3n) is 2.53. The number of nitrogens with one attached hydrogen (secondary N) is 1. The molecule has 0 radical (unpaired) electrons. The summed E-state index contributed by atoms with van der Waals surface area (Å²) in [4.78, 5) is 11.3. The Balaban J connectivity index is 3.06. The molecule has 1 unspecified atom stereocenters. The first kappa shape index (κ1) is 16.9. The number of hydrogen-bond acceptors (Lipinski definition) is 5. The van der Waals surface area contributed by atoms with Crippen molar-refractivity contribution in [2.45, 2.75) is 12.2 Å². The van der Waals surface area contributed by atoms with Crippen molar-refractivity contribution in [1.29, 1.82) is 0 Å². The van der Waals surface area contributed by atoms with E-state index in [2.05, 4.69) is 21.3 Å². The van der Waals surface area contributed by atoms with Gasteiger partial charge in [0.1, 0.15) is 12.4 Å². The number of anilines is 1. The number of ether oxygens (including phenoxy) is 1. The number of esters is 1. The topological polar surface area (TPSA) is 92.7 Å². The van der Waals surface area contributed by atoms with Crippen molar-refractivity contribution in [1.82, 2.24) is 0 Å². The van der Waals surface area contributed by atoms with Gasteiger partial charge in [0, 0.05) is 5.69 Å². The van der Waals surface area contributed by atoms with Crippen molar-refractivity contribution in [3.63, 3.8) is 0 Å². The molecule has 21 heavy (non-hydrogen) atoms. The predicted molar refractivity (Wildman–Crippen MR) is 74.4 cm³/mol. The van der Waals surface area contributed by atoms with Crippen LogP contribution in [-0.4, -0.2) is 38.5 Å². The second-order valence-electron chi connectivity index (χ2n) is 3.97. The van der Waals surface area contributed by atoms with E-state index in [1.807, 2.05) is 0 Å². The van der Waals surface area contributed by atoms with Crippen LogP contribution in [0.25, 0.3) is 0 Å². The molecule has 0 amide bonds. The van der Waals surface area contributed by atoms with Gasteiger partial charge >= 0.3 is 5.97 Å². The number of carbonyl (C=O) groups excluding carboxylic acids is 1. The van der Waals surface area contributed by atoms with E-state index in [4.69, 9.17) is 5.11 Å². The molecule has 0 fully saturated rings. The van der Waals surface area contributed by atoms with Gasteiger partial charge in [-0.3, -0.25) is 9.52 Å². The van der Waals surface area contributed by atoms with Crippen LogP contribution in [0.1, 0.15) is 12.5 Å². The van der Waals surface area contributed by atoms with Crippen LogP contribution < -0.4 is 4.72 Å². The smallest absolute Gasteiger partial charge is 0.325 e. The van der Waals surface area contributed by atoms with Gasteiger partial charge in [-0.25, -0.2) is 12.8 Å². The minimum absolute atomic E-state index is 0.0504. The lowest BCUT2D eigenvalue weighted by molar-refractivity contribution is -0.139. The van der Waals surface area contributed by atoms with Gasteiger partial charge < -0.3 is 9.84 Å². The Bertz CT molecular complexity index is 690. The fourth-order valence-electron chi connectivity index (χ4n) is 1.36. The number of halogens is 1. The van der Waals surface area contributed by atoms with Crippen molar-refractivity contribution in [2.24, 2.45) is 0 Å². The van der Waals surface area contributed by atoms with Gasteiger partial charge in [-0.15, -0.1) is 0 Å². The highest BCUT2D eigenvalue weighted by atomic mass is 32.2. The Morgan fingerprint density at radius 1 is 1.52 bits per heavy atom. The van der Waals surface area contributed by atoms with Crippen LogP contribution in [0.2, 0.25) is 0 Å². The van der Waals surface area contributed by atoms with Gasteiger partial charge in [0.25, 0.3) is 0 Å². The molecule has 114 valence electrons. The zero-order valence-corrected chi connectivity index (χ0v) is 12.2. The van der Waals surface area contributed by atoms with Crippen LogP contribution in [0.4, 0.5) is 10.1 Å². The summed E-state index contributed by atoms with van der Waals surface area (Å²) >= 11 is 0. The summed E-state index contributed by atoms with van der Waals surface area (Å²) in [5.74, 6) is 3.05. The largest absolute Gasteiger partial charge is 0.468 e. The summed E-state index contributed by atoms with van der Waals surface area (Å²) < 4.78 is 43.8. The third-order valence-corrected chi connectivity index (χ3v) is 4.17. The van der Waals surface area contributed by atoms with Gasteiger partial charge in [-0.1, -0.05) is 11.8 Å². The quantitative estimate of drug-likeness (QED) is 0.622. The van der Waals surface area contributed by atoms with Gasteiger partial charge in [0.05, 0.1) is 12.7 Å². The first-order chi connectivity index (χ1) is 9.81. The lowest BCUT2D eigenvalue weighted by atomic mass is 10.2. The van der Waals surface area contributed by atoms with E-state index >= 15 is 0 Å². The second-order valence-corrected chi connectivity index (χ2v) is 5.97. The normalized spacial score (nSPS) is 12.0. The number of sulfonamides is 1. The van der Waals surface area contributed by atoms with Crippen molar-refractivity contribution in [2.75, 3.05) is 18.4 Å². The van der Waals surface area contributed by atoms with Crippen LogP contribution in [0.5, 0.6) is 0 Å². The molecule has 2 N–H and O–H groups in total. The Morgan fingerprint density at radius 2 is 2.19 bits per heavy atom. The lowest BCUT2D eigenvalue weighted by Crippen LogP contribution is -2.33. The van der Waals surface area contributed by atoms with Crippen molar-refractivity contribution in [3.05, 3.63) is 29.6 Å². The predicted octanol–water partition coefficient (Wildman–Crippen LogP) is 0.473. The Hall–Kier alpha value is -2.11. The van der Waals surface area contributed by atoms with Gasteiger partial charge in [0.15, 0.2) is 5.25 Å². The highest BCUT2D eigenvalue weighted by Crippen LogP contribution is 2.17. The Morgan fingerprint density at radius 3 is 2.76 bits per heavy atom. The molecule has 0 aliphatic rings. The molecule has 0 saturated carbocycles. The van der Waals surface area contributed by atoms with E-state index in [0.29, 0.717) is 0 Å². The summed E-state index contributed by atoms with van der Waals surface area (Å²) in [6, 6.07) is 3.39. The summed E-state index contributed by atoms with van der Waals surface area (Å²) in [6.07, 6.45) is 0. The molecule has 1 rings (SSSR count). The molecule has 6 nitrogen and oxygen atoms in total. The number of carbonyl (C=O) groups is 1. The molecule has 0 bridgehead atoms. The maximum atomic E-state index is 13.4. The van der Waals surface area contributed by atoms with Gasteiger partial charge in [0.2, 0.25) is 10.0 Å². The number of hydrogen-bond donors (Lipinski definition) is 2. The average Bonchev–Trinajstić information content (AvgIpc) is 2.45. The molecule has 1 aromatic carbocycles. The fraction of sp³-hybridized carbons (Fsp3) is 0.308. The molecule has 0 spiro atoms. The molecule has 0 aliphatic carbocycles. The zero-order chi connectivity index (χ0) is 16.0. The highest BCUT2D eigenvalue weighted by Gasteiger charge is 2.28. The van der Waals surface area contributed by atoms with Crippen molar-refractivity contribution in [3.8, 4) is 11.8 Å². The van der Waals surface area contributed by atoms with Crippen LogP contribution >= 0.6 is 0 Å². The van der Waals surface area contributed by atoms with Crippen LogP contribution in [0.15, 0.2) is 18.2 Å². The van der Waals surface area contributed by atoms with Crippen LogP contribution in [0, 0.1) is 17.7 Å². The van der Waals surface area contributed by atoms with Crippen molar-refractivity contribution >= 4 is 21.7 Å². The van der Waals surface area contributed by atoms with Crippen molar-refractivity contribution < 1.29 is 27.4 Å². The second kappa shape index (κ2) is 7.06. The van der Waals surface area contributed by atoms with Gasteiger partial charge in [-0.05, 0) is 25.1 Å². The van der Waals surface area contributed by atoms with E-state index in [0.717, 1.165) is 13.2 Å². The summed E-state index contributed by atoms with van der Waals surface area (Å²) in [5, 5.41) is 7.16. The van der Waals surface area contributed by atoms with Crippen LogP contribution in [0.3, 0.4) is 0 Å². The monoisotopic (exact) mass is 315 g/mol.